The molecule has 1 rings (SSSR count). The van der Waals surface area contributed by atoms with Crippen LogP contribution < -0.4 is 5.32 Å². The fraction of sp³-hybridized carbons (Fsp3) is 0.400. The molecule has 1 aliphatic rings. The third-order valence-electron chi connectivity index (χ3n) is 0.945. The Morgan fingerprint density at radius 3 is 3.18 bits per heavy atom. The Hall–Kier alpha value is -0.200. The molecule has 6 heteroatoms. The van der Waals surface area contributed by atoms with Crippen LogP contribution in [0, 0.1) is 6.26 Å². The van der Waals surface area contributed by atoms with Crippen LogP contribution in [0.2, 0.25) is 0 Å². The van der Waals surface area contributed by atoms with Gasteiger partial charge in [-0.05, 0) is 0 Å². The van der Waals surface area contributed by atoms with Crippen LogP contribution in [0.1, 0.15) is 6.92 Å². The first-order valence-corrected chi connectivity index (χ1v) is 4.63. The zero-order valence-electron chi connectivity index (χ0n) is 6.03. The van der Waals surface area contributed by atoms with E-state index in [4.69, 9.17) is 0 Å². The van der Waals surface area contributed by atoms with Crippen molar-refractivity contribution in [3.8, 4) is 0 Å². The van der Waals surface area contributed by atoms with Crippen LogP contribution in [0.15, 0.2) is 4.99 Å². The molecular formula is C5H8N3OS2. The summed E-state index contributed by atoms with van der Waals surface area (Å²) in [6, 6.07) is 0. The predicted molar refractivity (Wildman–Crippen MR) is 48.5 cm³/mol. The second-order valence-corrected chi connectivity index (χ2v) is 3.78. The standard InChI is InChI=1S/C5H8N3OS2/c1-4(9)7-5-6-3-8(10-2)11-5/h2-3H2,1H3,(H,6,7,9). The average Bonchev–Trinajstić information content (AvgIpc) is 2.34. The molecule has 0 atom stereocenters. The van der Waals surface area contributed by atoms with Crippen molar-refractivity contribution in [1.82, 2.24) is 9.03 Å². The maximum absolute atomic E-state index is 10.5. The third-order valence-corrected chi connectivity index (χ3v) is 2.61. The van der Waals surface area contributed by atoms with Gasteiger partial charge in [0, 0.05) is 25.1 Å². The van der Waals surface area contributed by atoms with Crippen LogP contribution in [0.3, 0.4) is 0 Å². The van der Waals surface area contributed by atoms with E-state index in [1.54, 1.807) is 0 Å². The number of hydrogen-bond acceptors (Lipinski definition) is 5. The number of nitrogens with one attached hydrogen (secondary N) is 1. The summed E-state index contributed by atoms with van der Waals surface area (Å²) in [5.41, 5.74) is 0. The van der Waals surface area contributed by atoms with Crippen LogP contribution in [0.4, 0.5) is 0 Å². The van der Waals surface area contributed by atoms with Crippen molar-refractivity contribution >= 4 is 35.0 Å². The minimum absolute atomic E-state index is 0.0906. The number of hydrogen-bond donors (Lipinski definition) is 1. The van der Waals surface area contributed by atoms with E-state index in [1.807, 2.05) is 3.71 Å². The lowest BCUT2D eigenvalue weighted by Gasteiger charge is -2.06. The summed E-state index contributed by atoms with van der Waals surface area (Å²) >= 11 is 2.73. The van der Waals surface area contributed by atoms with E-state index < -0.39 is 0 Å². The maximum atomic E-state index is 10.5. The number of amides is 1. The number of carbonyl (C=O) groups excluding carboxylic acids is 1. The summed E-state index contributed by atoms with van der Waals surface area (Å²) in [7, 11) is 0. The molecule has 1 heterocycles. The highest BCUT2D eigenvalue weighted by atomic mass is 32.2. The first kappa shape index (κ1) is 8.89. The van der Waals surface area contributed by atoms with E-state index in [0.717, 1.165) is 0 Å². The van der Waals surface area contributed by atoms with Gasteiger partial charge in [-0.2, -0.15) is 3.71 Å². The first-order valence-electron chi connectivity index (χ1n) is 2.92. The van der Waals surface area contributed by atoms with Gasteiger partial charge in [-0.25, -0.2) is 4.99 Å². The average molecular weight is 190 g/mol. The van der Waals surface area contributed by atoms with Crippen LogP contribution in [-0.4, -0.2) is 21.5 Å². The molecule has 0 aromatic heterocycles. The fourth-order valence-corrected chi connectivity index (χ4v) is 1.73. The van der Waals surface area contributed by atoms with Gasteiger partial charge in [0.25, 0.3) is 0 Å². The van der Waals surface area contributed by atoms with Crippen molar-refractivity contribution in [3.05, 3.63) is 6.26 Å². The largest absolute Gasteiger partial charge is 0.305 e. The second kappa shape index (κ2) is 3.99. The monoisotopic (exact) mass is 190 g/mol. The molecule has 0 bridgehead atoms. The van der Waals surface area contributed by atoms with Gasteiger partial charge in [-0.3, -0.25) is 4.79 Å². The van der Waals surface area contributed by atoms with E-state index in [0.29, 0.717) is 11.8 Å². The Morgan fingerprint density at radius 1 is 2.00 bits per heavy atom. The molecule has 1 amide bonds. The Balaban J connectivity index is 2.34. The molecule has 4 nitrogen and oxygen atoms in total. The van der Waals surface area contributed by atoms with Gasteiger partial charge in [0.2, 0.25) is 5.91 Å². The van der Waals surface area contributed by atoms with Gasteiger partial charge >= 0.3 is 0 Å². The molecule has 0 spiro atoms. The lowest BCUT2D eigenvalue weighted by molar-refractivity contribution is -0.117. The molecule has 0 aromatic rings. The minimum Gasteiger partial charge on any atom is -0.305 e. The molecule has 1 N–H and O–H groups in total. The van der Waals surface area contributed by atoms with Gasteiger partial charge in [0.05, 0.1) is 0 Å². The SMILES string of the molecule is [CH2]SN1CN=C(NC(C)=O)S1. The first-order chi connectivity index (χ1) is 5.22. The van der Waals surface area contributed by atoms with E-state index in [2.05, 4.69) is 16.6 Å². The minimum atomic E-state index is -0.0906. The lowest BCUT2D eigenvalue weighted by Crippen LogP contribution is -2.24. The van der Waals surface area contributed by atoms with Gasteiger partial charge < -0.3 is 5.32 Å². The maximum Gasteiger partial charge on any atom is 0.222 e. The van der Waals surface area contributed by atoms with Crippen molar-refractivity contribution < 1.29 is 4.79 Å². The Labute approximate surface area is 74.1 Å². The molecule has 1 aliphatic heterocycles. The summed E-state index contributed by atoms with van der Waals surface area (Å²) in [4.78, 5) is 14.6. The van der Waals surface area contributed by atoms with Gasteiger partial charge in [0.15, 0.2) is 5.17 Å². The Kier molecular flexibility index (Phi) is 3.22. The van der Waals surface area contributed by atoms with Crippen LogP contribution in [0.25, 0.3) is 0 Å². The summed E-state index contributed by atoms with van der Waals surface area (Å²) in [5, 5.41) is 3.24. The summed E-state index contributed by atoms with van der Waals surface area (Å²) < 4.78 is 1.87. The van der Waals surface area contributed by atoms with Crippen molar-refractivity contribution in [2.45, 2.75) is 6.92 Å². The molecule has 61 valence electrons. The van der Waals surface area contributed by atoms with Crippen LogP contribution >= 0.6 is 23.9 Å². The van der Waals surface area contributed by atoms with E-state index in [-0.39, 0.29) is 5.91 Å². The van der Waals surface area contributed by atoms with Crippen molar-refractivity contribution in [3.63, 3.8) is 0 Å². The lowest BCUT2D eigenvalue weighted by atomic mass is 10.7. The number of amidine groups is 1. The molecule has 0 saturated heterocycles. The Bertz CT molecular complexity index is 194. The predicted octanol–water partition coefficient (Wildman–Crippen LogP) is 0.840. The molecule has 11 heavy (non-hydrogen) atoms. The van der Waals surface area contributed by atoms with E-state index >= 15 is 0 Å². The summed E-state index contributed by atoms with van der Waals surface area (Å²) in [5.74, 6) is -0.0906. The second-order valence-electron chi connectivity index (χ2n) is 1.84. The topological polar surface area (TPSA) is 44.7 Å². The molecule has 0 unspecified atom stereocenters. The fourth-order valence-electron chi connectivity index (χ4n) is 0.556. The molecule has 0 saturated carbocycles. The van der Waals surface area contributed by atoms with Gasteiger partial charge in [0.1, 0.15) is 6.67 Å². The number of rotatable bonds is 1. The van der Waals surface area contributed by atoms with Gasteiger partial charge in [-0.1, -0.05) is 11.9 Å². The molecular weight excluding hydrogens is 182 g/mol. The van der Waals surface area contributed by atoms with Crippen molar-refractivity contribution in [1.29, 1.82) is 0 Å². The van der Waals surface area contributed by atoms with E-state index in [9.17, 15) is 4.79 Å². The molecule has 0 aromatic carbocycles. The normalized spacial score (nSPS) is 18.2. The third kappa shape index (κ3) is 2.72. The molecule has 0 aliphatic carbocycles. The quantitative estimate of drug-likeness (QED) is 0.622. The smallest absolute Gasteiger partial charge is 0.222 e. The van der Waals surface area contributed by atoms with Crippen LogP contribution in [0.5, 0.6) is 0 Å². The highest BCUT2D eigenvalue weighted by molar-refractivity contribution is 8.21. The zero-order chi connectivity index (χ0) is 8.27. The van der Waals surface area contributed by atoms with E-state index in [1.165, 1.54) is 30.8 Å². The molecule has 0 fully saturated rings. The number of aliphatic imine (C=N–C) groups is 1. The van der Waals surface area contributed by atoms with Crippen molar-refractivity contribution in [2.75, 3.05) is 6.67 Å². The zero-order valence-corrected chi connectivity index (χ0v) is 7.67. The highest BCUT2D eigenvalue weighted by Crippen LogP contribution is 2.25. The van der Waals surface area contributed by atoms with Gasteiger partial charge in [-0.15, -0.1) is 0 Å². The Morgan fingerprint density at radius 2 is 2.73 bits per heavy atom. The highest BCUT2D eigenvalue weighted by Gasteiger charge is 2.16. The van der Waals surface area contributed by atoms with Crippen molar-refractivity contribution in [2.24, 2.45) is 4.99 Å². The number of carbonyl (C=O) groups is 1. The molecule has 1 radical (unpaired) electrons. The summed E-state index contributed by atoms with van der Waals surface area (Å²) in [6.07, 6.45) is 3.62. The number of nitrogens with zero attached hydrogens (tertiary/aromatic N) is 2. The summed E-state index contributed by atoms with van der Waals surface area (Å²) in [6.45, 7) is 2.04. The van der Waals surface area contributed by atoms with Crippen LogP contribution in [-0.2, 0) is 4.79 Å².